The van der Waals surface area contributed by atoms with E-state index in [9.17, 15) is 0 Å². The average Bonchev–Trinajstić information content (AvgIpc) is 2.38. The van der Waals surface area contributed by atoms with Gasteiger partial charge in [-0.3, -0.25) is 0 Å². The third-order valence-electron chi connectivity index (χ3n) is 3.84. The third-order valence-corrected chi connectivity index (χ3v) is 4.86. The van der Waals surface area contributed by atoms with Gasteiger partial charge in [-0.25, -0.2) is 0 Å². The van der Waals surface area contributed by atoms with Crippen molar-refractivity contribution in [2.75, 3.05) is 24.7 Å². The predicted octanol–water partition coefficient (Wildman–Crippen LogP) is 2.68. The number of hydrogen-bond acceptors (Lipinski definition) is 3. The van der Waals surface area contributed by atoms with Crippen LogP contribution in [-0.4, -0.2) is 36.8 Å². The van der Waals surface area contributed by atoms with Gasteiger partial charge in [0.2, 0.25) is 0 Å². The summed E-state index contributed by atoms with van der Waals surface area (Å²) < 4.78 is 5.96. The number of nitrogens with one attached hydrogen (secondary N) is 1. The Kier molecular flexibility index (Phi) is 5.46. The topological polar surface area (TPSA) is 21.3 Å². The van der Waals surface area contributed by atoms with Gasteiger partial charge in [-0.15, -0.1) is 0 Å². The van der Waals surface area contributed by atoms with Crippen LogP contribution >= 0.6 is 11.8 Å². The van der Waals surface area contributed by atoms with Crippen LogP contribution in [0.2, 0.25) is 0 Å². The lowest BCUT2D eigenvalue weighted by molar-refractivity contribution is 0.0239. The maximum absolute atomic E-state index is 5.96. The van der Waals surface area contributed by atoms with E-state index in [1.807, 2.05) is 0 Å². The Bertz CT molecular complexity index is 170. The molecule has 1 aliphatic carbocycles. The van der Waals surface area contributed by atoms with Crippen LogP contribution in [0, 0.1) is 5.92 Å². The Hall–Kier alpha value is 0.270. The maximum Gasteiger partial charge on any atom is 0.0821 e. The highest BCUT2D eigenvalue weighted by Gasteiger charge is 2.31. The van der Waals surface area contributed by atoms with E-state index in [4.69, 9.17) is 4.74 Å². The van der Waals surface area contributed by atoms with Crippen molar-refractivity contribution in [3.8, 4) is 0 Å². The Morgan fingerprint density at radius 1 is 1.31 bits per heavy atom. The highest BCUT2D eigenvalue weighted by molar-refractivity contribution is 7.99. The van der Waals surface area contributed by atoms with Crippen molar-refractivity contribution < 1.29 is 4.74 Å². The van der Waals surface area contributed by atoms with Gasteiger partial charge in [0, 0.05) is 17.5 Å². The first-order chi connectivity index (χ1) is 7.92. The van der Waals surface area contributed by atoms with Crippen molar-refractivity contribution in [2.24, 2.45) is 5.92 Å². The molecule has 0 bridgehead atoms. The summed E-state index contributed by atoms with van der Waals surface area (Å²) in [6, 6.07) is 0.609. The van der Waals surface area contributed by atoms with Gasteiger partial charge in [0.1, 0.15) is 0 Å². The van der Waals surface area contributed by atoms with Crippen LogP contribution < -0.4 is 5.32 Å². The molecular weight excluding hydrogens is 218 g/mol. The van der Waals surface area contributed by atoms with Crippen molar-refractivity contribution in [3.05, 3.63) is 0 Å². The van der Waals surface area contributed by atoms with Gasteiger partial charge in [0.25, 0.3) is 0 Å². The molecule has 94 valence electrons. The summed E-state index contributed by atoms with van der Waals surface area (Å²) in [6.07, 6.45) is 7.56. The number of ether oxygens (including phenoxy) is 1. The van der Waals surface area contributed by atoms with Gasteiger partial charge in [0.05, 0.1) is 12.7 Å². The van der Waals surface area contributed by atoms with Gasteiger partial charge >= 0.3 is 0 Å². The third kappa shape index (κ3) is 3.38. The SMILES string of the molecule is CCNC(C1CCCCC1)C1CSCCO1. The molecule has 2 unspecified atom stereocenters. The highest BCUT2D eigenvalue weighted by atomic mass is 32.2. The van der Waals surface area contributed by atoms with Crippen LogP contribution in [0.5, 0.6) is 0 Å². The van der Waals surface area contributed by atoms with Crippen molar-refractivity contribution in [1.29, 1.82) is 0 Å². The molecule has 2 nitrogen and oxygen atoms in total. The molecule has 2 aliphatic rings. The van der Waals surface area contributed by atoms with E-state index in [-0.39, 0.29) is 0 Å². The second kappa shape index (κ2) is 6.87. The summed E-state index contributed by atoms with van der Waals surface area (Å²) in [6.45, 7) is 4.24. The number of likely N-dealkylation sites (N-methyl/N-ethyl adjacent to an activating group) is 1. The van der Waals surface area contributed by atoms with Crippen molar-refractivity contribution in [2.45, 2.75) is 51.2 Å². The molecule has 2 rings (SSSR count). The van der Waals surface area contributed by atoms with Gasteiger partial charge in [-0.1, -0.05) is 26.2 Å². The fraction of sp³-hybridized carbons (Fsp3) is 1.00. The van der Waals surface area contributed by atoms with Gasteiger partial charge < -0.3 is 10.1 Å². The van der Waals surface area contributed by atoms with E-state index in [0.29, 0.717) is 12.1 Å². The quantitative estimate of drug-likeness (QED) is 0.820. The van der Waals surface area contributed by atoms with Crippen molar-refractivity contribution >= 4 is 11.8 Å². The zero-order valence-electron chi connectivity index (χ0n) is 10.4. The number of hydrogen-bond donors (Lipinski definition) is 1. The summed E-state index contributed by atoms with van der Waals surface area (Å²) >= 11 is 2.06. The van der Waals surface area contributed by atoms with E-state index in [2.05, 4.69) is 24.0 Å². The molecule has 1 saturated carbocycles. The summed E-state index contributed by atoms with van der Waals surface area (Å²) in [7, 11) is 0. The summed E-state index contributed by atoms with van der Waals surface area (Å²) in [5, 5.41) is 3.68. The zero-order valence-corrected chi connectivity index (χ0v) is 11.2. The standard InChI is InChI=1S/C13H25NOS/c1-2-14-13(11-6-4-3-5-7-11)12-10-16-9-8-15-12/h11-14H,2-10H2,1H3. The molecule has 1 aliphatic heterocycles. The molecule has 0 spiro atoms. The van der Waals surface area contributed by atoms with E-state index in [1.54, 1.807) is 0 Å². The zero-order chi connectivity index (χ0) is 11.2. The first-order valence-corrected chi connectivity index (χ1v) is 8.00. The lowest BCUT2D eigenvalue weighted by atomic mass is 9.82. The minimum Gasteiger partial charge on any atom is -0.375 e. The molecule has 16 heavy (non-hydrogen) atoms. The van der Waals surface area contributed by atoms with Crippen LogP contribution in [0.1, 0.15) is 39.0 Å². The van der Waals surface area contributed by atoms with Gasteiger partial charge in [-0.2, -0.15) is 11.8 Å². The molecule has 0 aromatic heterocycles. The Labute approximate surface area is 104 Å². The molecule has 1 N–H and O–H groups in total. The Balaban J connectivity index is 1.91. The maximum atomic E-state index is 5.96. The molecule has 0 aromatic rings. The minimum absolute atomic E-state index is 0.460. The van der Waals surface area contributed by atoms with Crippen LogP contribution in [0.25, 0.3) is 0 Å². The second-order valence-corrected chi connectivity index (χ2v) is 6.12. The molecule has 1 saturated heterocycles. The lowest BCUT2D eigenvalue weighted by Crippen LogP contribution is -2.49. The largest absolute Gasteiger partial charge is 0.375 e. The molecule has 0 aromatic carbocycles. The summed E-state index contributed by atoms with van der Waals surface area (Å²) in [5.74, 6) is 3.23. The normalized spacial score (nSPS) is 30.2. The van der Waals surface area contributed by atoms with Crippen LogP contribution in [0.3, 0.4) is 0 Å². The number of thioether (sulfide) groups is 1. The van der Waals surface area contributed by atoms with Gasteiger partial charge in [0.15, 0.2) is 0 Å². The van der Waals surface area contributed by atoms with E-state index >= 15 is 0 Å². The van der Waals surface area contributed by atoms with Crippen molar-refractivity contribution in [3.63, 3.8) is 0 Å². The monoisotopic (exact) mass is 243 g/mol. The smallest absolute Gasteiger partial charge is 0.0821 e. The number of rotatable bonds is 4. The summed E-state index contributed by atoms with van der Waals surface area (Å²) in [5.41, 5.74) is 0. The highest BCUT2D eigenvalue weighted by Crippen LogP contribution is 2.30. The summed E-state index contributed by atoms with van der Waals surface area (Å²) in [4.78, 5) is 0. The molecule has 0 amide bonds. The van der Waals surface area contributed by atoms with Crippen LogP contribution in [-0.2, 0) is 4.74 Å². The second-order valence-electron chi connectivity index (χ2n) is 4.97. The van der Waals surface area contributed by atoms with Gasteiger partial charge in [-0.05, 0) is 25.3 Å². The van der Waals surface area contributed by atoms with E-state index in [1.165, 1.54) is 43.6 Å². The van der Waals surface area contributed by atoms with Crippen molar-refractivity contribution in [1.82, 2.24) is 5.32 Å². The van der Waals surface area contributed by atoms with Crippen LogP contribution in [0.4, 0.5) is 0 Å². The fourth-order valence-electron chi connectivity index (χ4n) is 3.04. The van der Waals surface area contributed by atoms with Crippen LogP contribution in [0.15, 0.2) is 0 Å². The lowest BCUT2D eigenvalue weighted by Gasteiger charge is -2.37. The molecule has 2 atom stereocenters. The first-order valence-electron chi connectivity index (χ1n) is 6.84. The average molecular weight is 243 g/mol. The Morgan fingerprint density at radius 2 is 2.12 bits per heavy atom. The minimum atomic E-state index is 0.460. The molecular formula is C13H25NOS. The fourth-order valence-corrected chi connectivity index (χ4v) is 3.96. The molecule has 2 fully saturated rings. The first kappa shape index (κ1) is 12.7. The van der Waals surface area contributed by atoms with E-state index in [0.717, 1.165) is 19.1 Å². The predicted molar refractivity (Wildman–Crippen MR) is 71.1 cm³/mol. The molecule has 1 heterocycles. The van der Waals surface area contributed by atoms with E-state index < -0.39 is 0 Å². The molecule has 3 heteroatoms. The Morgan fingerprint density at radius 3 is 2.75 bits per heavy atom. The molecule has 0 radical (unpaired) electrons.